The molecule has 3 fully saturated rings. The highest BCUT2D eigenvalue weighted by Crippen LogP contribution is 2.41. The second-order valence-corrected chi connectivity index (χ2v) is 10.1. The van der Waals surface area contributed by atoms with Gasteiger partial charge in [-0.25, -0.2) is 8.42 Å². The minimum atomic E-state index is -3.51. The number of methoxy groups -OCH3 is 1. The second-order valence-electron chi connectivity index (χ2n) is 8.14. The van der Waals surface area contributed by atoms with Crippen molar-refractivity contribution in [1.82, 2.24) is 14.5 Å². The predicted molar refractivity (Wildman–Crippen MR) is 122 cm³/mol. The first-order valence-electron chi connectivity index (χ1n) is 10.2. The molecule has 0 aliphatic carbocycles. The monoisotopic (exact) mass is 495 g/mol. The third-order valence-electron chi connectivity index (χ3n) is 6.38. The maximum atomic E-state index is 12.9. The minimum Gasteiger partial charge on any atom is -0.497 e. The van der Waals surface area contributed by atoms with E-state index in [1.165, 1.54) is 4.31 Å². The molecule has 1 N–H and O–H groups in total. The molecule has 0 bridgehead atoms. The molecule has 1 aromatic carbocycles. The van der Waals surface area contributed by atoms with Crippen LogP contribution < -0.4 is 10.1 Å². The average molecular weight is 496 g/mol. The lowest BCUT2D eigenvalue weighted by molar-refractivity contribution is -0.150. The summed E-state index contributed by atoms with van der Waals surface area (Å²) in [6.45, 7) is 4.55. The summed E-state index contributed by atoms with van der Waals surface area (Å²) in [6.07, 6.45) is 2.37. The van der Waals surface area contributed by atoms with Crippen LogP contribution in [0.2, 0.25) is 0 Å². The van der Waals surface area contributed by atoms with E-state index in [0.717, 1.165) is 32.4 Å². The molecular weight excluding hydrogens is 465 g/mol. The van der Waals surface area contributed by atoms with Crippen LogP contribution in [0.4, 0.5) is 0 Å². The van der Waals surface area contributed by atoms with Gasteiger partial charge >= 0.3 is 5.97 Å². The molecule has 3 aliphatic rings. The van der Waals surface area contributed by atoms with Crippen LogP contribution in [0.25, 0.3) is 0 Å². The summed E-state index contributed by atoms with van der Waals surface area (Å²) in [7, 11) is -1.96. The van der Waals surface area contributed by atoms with E-state index in [4.69, 9.17) is 9.47 Å². The summed E-state index contributed by atoms with van der Waals surface area (Å²) in [6, 6.07) is 6.48. The average Bonchev–Trinajstić information content (AvgIpc) is 3.03. The van der Waals surface area contributed by atoms with Crippen LogP contribution in [0.3, 0.4) is 0 Å². The number of piperazine rings is 1. The van der Waals surface area contributed by atoms with Gasteiger partial charge in [0.05, 0.1) is 17.4 Å². The van der Waals surface area contributed by atoms with Crippen LogP contribution in [0.15, 0.2) is 29.2 Å². The molecule has 3 saturated heterocycles. The van der Waals surface area contributed by atoms with Crippen LogP contribution >= 0.6 is 24.8 Å². The molecule has 4 rings (SSSR count). The molecule has 1 unspecified atom stereocenters. The number of cyclic esters (lactones) is 1. The fourth-order valence-corrected chi connectivity index (χ4v) is 6.01. The fourth-order valence-electron chi connectivity index (χ4n) is 4.59. The van der Waals surface area contributed by atoms with Gasteiger partial charge in [0.25, 0.3) is 0 Å². The van der Waals surface area contributed by atoms with Gasteiger partial charge in [-0.05, 0) is 50.2 Å². The van der Waals surface area contributed by atoms with Crippen molar-refractivity contribution in [3.63, 3.8) is 0 Å². The van der Waals surface area contributed by atoms with Crippen molar-refractivity contribution in [3.05, 3.63) is 24.3 Å². The van der Waals surface area contributed by atoms with Gasteiger partial charge in [0.15, 0.2) is 0 Å². The molecule has 1 spiro atoms. The van der Waals surface area contributed by atoms with Gasteiger partial charge in [-0.1, -0.05) is 0 Å². The predicted octanol–water partition coefficient (Wildman–Crippen LogP) is 1.53. The molecule has 11 heteroatoms. The molecule has 1 aromatic rings. The number of esters is 1. The molecule has 3 heterocycles. The number of ether oxygens (including phenoxy) is 2. The first-order valence-corrected chi connectivity index (χ1v) is 11.7. The van der Waals surface area contributed by atoms with Crippen LogP contribution in [0, 0.1) is 5.41 Å². The quantitative estimate of drug-likeness (QED) is 0.619. The summed E-state index contributed by atoms with van der Waals surface area (Å²) in [4.78, 5) is 14.9. The molecule has 8 nitrogen and oxygen atoms in total. The Labute approximate surface area is 196 Å². The first-order chi connectivity index (χ1) is 13.9. The highest BCUT2D eigenvalue weighted by atomic mass is 35.5. The number of carbonyl (C=O) groups excluding carboxylic acids is 1. The Balaban J connectivity index is 0.00000171. The number of benzene rings is 1. The van der Waals surface area contributed by atoms with E-state index < -0.39 is 10.0 Å². The zero-order valence-corrected chi connectivity index (χ0v) is 20.1. The zero-order chi connectivity index (χ0) is 20.5. The van der Waals surface area contributed by atoms with Gasteiger partial charge in [0.1, 0.15) is 11.9 Å². The Morgan fingerprint density at radius 2 is 1.71 bits per heavy atom. The largest absolute Gasteiger partial charge is 0.497 e. The second kappa shape index (κ2) is 10.7. The van der Waals surface area contributed by atoms with Gasteiger partial charge < -0.3 is 14.8 Å². The van der Waals surface area contributed by atoms with Crippen molar-refractivity contribution in [2.24, 2.45) is 5.41 Å². The highest BCUT2D eigenvalue weighted by Gasteiger charge is 2.49. The van der Waals surface area contributed by atoms with Crippen molar-refractivity contribution >= 4 is 40.8 Å². The molecule has 0 radical (unpaired) electrons. The Bertz CT molecular complexity index is 839. The van der Waals surface area contributed by atoms with Crippen LogP contribution in [-0.4, -0.2) is 82.6 Å². The summed E-state index contributed by atoms with van der Waals surface area (Å²) in [5.41, 5.74) is -0.310. The lowest BCUT2D eigenvalue weighted by atomic mass is 9.76. The first kappa shape index (κ1) is 26.2. The van der Waals surface area contributed by atoms with Crippen molar-refractivity contribution < 1.29 is 22.7 Å². The summed E-state index contributed by atoms with van der Waals surface area (Å²) in [5.74, 6) is 0.580. The number of rotatable bonds is 5. The molecule has 0 saturated carbocycles. The molecular formula is C20H31Cl2N3O5S. The number of carbonyl (C=O) groups is 1. The number of halogens is 2. The van der Waals surface area contributed by atoms with E-state index >= 15 is 0 Å². The Hall–Kier alpha value is -1.10. The summed E-state index contributed by atoms with van der Waals surface area (Å²) >= 11 is 0. The van der Waals surface area contributed by atoms with Gasteiger partial charge in [0.2, 0.25) is 10.0 Å². The number of hydrogen-bond donors (Lipinski definition) is 1. The normalized spacial score (nSPS) is 24.2. The topological polar surface area (TPSA) is 88.2 Å². The smallest absolute Gasteiger partial charge is 0.312 e. The standard InChI is InChI=1S/C20H29N3O5S.2ClH/c1-27-16-2-4-18(5-3-16)29(25,26)23-12-10-22(11-13-23)15-17-14-20(19(24)28-17)6-8-21-9-7-20;;/h2-5,17,21H,6-15H2,1H3;2*1H. The third-order valence-corrected chi connectivity index (χ3v) is 8.29. The lowest BCUT2D eigenvalue weighted by Crippen LogP contribution is -2.50. The van der Waals surface area contributed by atoms with Crippen LogP contribution in [0.5, 0.6) is 5.75 Å². The summed E-state index contributed by atoms with van der Waals surface area (Å²) < 4.78 is 38.1. The number of piperidine rings is 1. The minimum absolute atomic E-state index is 0. The third kappa shape index (κ3) is 5.46. The van der Waals surface area contributed by atoms with Crippen molar-refractivity contribution in [3.8, 4) is 5.75 Å². The van der Waals surface area contributed by atoms with E-state index in [1.54, 1.807) is 31.4 Å². The molecule has 3 aliphatic heterocycles. The summed E-state index contributed by atoms with van der Waals surface area (Å²) in [5, 5.41) is 3.30. The molecule has 176 valence electrons. The van der Waals surface area contributed by atoms with Crippen molar-refractivity contribution in [1.29, 1.82) is 0 Å². The lowest BCUT2D eigenvalue weighted by Gasteiger charge is -2.35. The molecule has 31 heavy (non-hydrogen) atoms. The van der Waals surface area contributed by atoms with Gasteiger partial charge in [-0.2, -0.15) is 4.31 Å². The molecule has 1 atom stereocenters. The van der Waals surface area contributed by atoms with Gasteiger partial charge in [-0.3, -0.25) is 9.69 Å². The SMILES string of the molecule is COc1ccc(S(=O)(=O)N2CCN(CC3CC4(CCNCC4)C(=O)O3)CC2)cc1.Cl.Cl. The van der Waals surface area contributed by atoms with Crippen LogP contribution in [-0.2, 0) is 19.6 Å². The van der Waals surface area contributed by atoms with E-state index in [2.05, 4.69) is 10.2 Å². The van der Waals surface area contributed by atoms with Crippen molar-refractivity contribution in [2.75, 3.05) is 52.9 Å². The molecule has 0 amide bonds. The zero-order valence-electron chi connectivity index (χ0n) is 17.6. The van der Waals surface area contributed by atoms with E-state index in [9.17, 15) is 13.2 Å². The molecule has 0 aromatic heterocycles. The maximum Gasteiger partial charge on any atom is 0.312 e. The van der Waals surface area contributed by atoms with Crippen molar-refractivity contribution in [2.45, 2.75) is 30.3 Å². The van der Waals surface area contributed by atoms with E-state index in [-0.39, 0.29) is 47.2 Å². The Morgan fingerprint density at radius 3 is 2.29 bits per heavy atom. The number of sulfonamides is 1. The maximum absolute atomic E-state index is 12.9. The van der Waals surface area contributed by atoms with Gasteiger partial charge in [0, 0.05) is 39.1 Å². The van der Waals surface area contributed by atoms with E-state index in [0.29, 0.717) is 38.5 Å². The highest BCUT2D eigenvalue weighted by molar-refractivity contribution is 7.89. The fraction of sp³-hybridized carbons (Fsp3) is 0.650. The number of nitrogens with one attached hydrogen (secondary N) is 1. The Kier molecular flexibility index (Phi) is 9.01. The number of hydrogen-bond acceptors (Lipinski definition) is 7. The number of nitrogens with zero attached hydrogens (tertiary/aromatic N) is 2. The van der Waals surface area contributed by atoms with Crippen LogP contribution in [0.1, 0.15) is 19.3 Å². The Morgan fingerprint density at radius 1 is 1.10 bits per heavy atom. The van der Waals surface area contributed by atoms with Gasteiger partial charge in [-0.15, -0.1) is 24.8 Å². The van der Waals surface area contributed by atoms with E-state index in [1.807, 2.05) is 0 Å².